The predicted octanol–water partition coefficient (Wildman–Crippen LogP) is 3.16. The molecule has 2 rings (SSSR count). The van der Waals surface area contributed by atoms with Crippen molar-refractivity contribution in [2.24, 2.45) is 0 Å². The zero-order valence-electron chi connectivity index (χ0n) is 7.29. The molecule has 14 heavy (non-hydrogen) atoms. The number of rotatable bonds is 1. The van der Waals surface area contributed by atoms with Gasteiger partial charge in [0.15, 0.2) is 0 Å². The largest absolute Gasteiger partial charge is 0.480 e. The third-order valence-electron chi connectivity index (χ3n) is 1.79. The van der Waals surface area contributed by atoms with Crippen LogP contribution in [0.2, 0.25) is 0 Å². The van der Waals surface area contributed by atoms with E-state index in [0.717, 1.165) is 20.0 Å². The molecule has 0 radical (unpaired) electrons. The molecule has 5 heteroatoms. The number of methoxy groups -OCH3 is 1. The van der Waals surface area contributed by atoms with Gasteiger partial charge in [-0.05, 0) is 44.0 Å². The maximum absolute atomic E-state index is 5.01. The van der Waals surface area contributed by atoms with Gasteiger partial charge in [-0.15, -0.1) is 0 Å². The number of benzene rings is 1. The van der Waals surface area contributed by atoms with Gasteiger partial charge in [0.25, 0.3) is 0 Å². The summed E-state index contributed by atoms with van der Waals surface area (Å²) in [5.74, 6) is 0.510. The van der Waals surface area contributed by atoms with E-state index < -0.39 is 0 Å². The molecule has 0 saturated carbocycles. The summed E-state index contributed by atoms with van der Waals surface area (Å²) in [7, 11) is 1.57. The molecule has 1 aromatic heterocycles. The van der Waals surface area contributed by atoms with Crippen molar-refractivity contribution in [3.8, 4) is 5.88 Å². The molecule has 0 unspecified atom stereocenters. The Morgan fingerprint density at radius 2 is 1.79 bits per heavy atom. The van der Waals surface area contributed by atoms with Crippen LogP contribution in [-0.4, -0.2) is 17.1 Å². The third-order valence-corrected chi connectivity index (χ3v) is 3.07. The standard InChI is InChI=1S/C9H6Br2N2O/c1-14-7-4-12-8-5(10)2-3-6(11)9(8)13-7/h2-4H,1H3. The van der Waals surface area contributed by atoms with Gasteiger partial charge in [0, 0.05) is 8.95 Å². The van der Waals surface area contributed by atoms with Gasteiger partial charge in [0.05, 0.1) is 13.3 Å². The highest BCUT2D eigenvalue weighted by Crippen LogP contribution is 2.28. The summed E-state index contributed by atoms with van der Waals surface area (Å²) in [5.41, 5.74) is 1.61. The number of ether oxygens (including phenoxy) is 1. The summed E-state index contributed by atoms with van der Waals surface area (Å²) in [4.78, 5) is 8.54. The van der Waals surface area contributed by atoms with Crippen molar-refractivity contribution in [2.75, 3.05) is 7.11 Å². The lowest BCUT2D eigenvalue weighted by Gasteiger charge is -2.03. The van der Waals surface area contributed by atoms with E-state index in [2.05, 4.69) is 41.8 Å². The zero-order chi connectivity index (χ0) is 10.1. The van der Waals surface area contributed by atoms with Crippen molar-refractivity contribution in [2.45, 2.75) is 0 Å². The predicted molar refractivity (Wildman–Crippen MR) is 61.5 cm³/mol. The average molecular weight is 318 g/mol. The minimum absolute atomic E-state index is 0.510. The molecule has 0 spiro atoms. The highest BCUT2D eigenvalue weighted by atomic mass is 79.9. The van der Waals surface area contributed by atoms with Crippen molar-refractivity contribution in [1.29, 1.82) is 0 Å². The van der Waals surface area contributed by atoms with Crippen LogP contribution in [0.3, 0.4) is 0 Å². The van der Waals surface area contributed by atoms with E-state index in [1.807, 2.05) is 12.1 Å². The first-order valence-corrected chi connectivity index (χ1v) is 5.45. The van der Waals surface area contributed by atoms with E-state index >= 15 is 0 Å². The molecule has 0 fully saturated rings. The van der Waals surface area contributed by atoms with Gasteiger partial charge in [-0.1, -0.05) is 0 Å². The fourth-order valence-electron chi connectivity index (χ4n) is 1.12. The van der Waals surface area contributed by atoms with Crippen LogP contribution in [0.1, 0.15) is 0 Å². The quantitative estimate of drug-likeness (QED) is 0.810. The van der Waals surface area contributed by atoms with Crippen molar-refractivity contribution in [3.05, 3.63) is 27.3 Å². The Kier molecular flexibility index (Phi) is 2.69. The number of nitrogens with zero attached hydrogens (tertiary/aromatic N) is 2. The van der Waals surface area contributed by atoms with Gasteiger partial charge in [-0.2, -0.15) is 0 Å². The number of hydrogen-bond acceptors (Lipinski definition) is 3. The summed E-state index contributed by atoms with van der Waals surface area (Å²) in [5, 5.41) is 0. The lowest BCUT2D eigenvalue weighted by atomic mass is 10.3. The van der Waals surface area contributed by atoms with Crippen molar-refractivity contribution in [3.63, 3.8) is 0 Å². The first kappa shape index (κ1) is 9.86. The van der Waals surface area contributed by atoms with Crippen LogP contribution in [0.4, 0.5) is 0 Å². The molecule has 1 aromatic carbocycles. The monoisotopic (exact) mass is 316 g/mol. The minimum atomic E-state index is 0.510. The molecule has 0 saturated heterocycles. The second kappa shape index (κ2) is 3.82. The molecule has 0 amide bonds. The lowest BCUT2D eigenvalue weighted by Crippen LogP contribution is -1.91. The van der Waals surface area contributed by atoms with E-state index in [1.165, 1.54) is 0 Å². The first-order valence-electron chi connectivity index (χ1n) is 3.87. The summed E-state index contributed by atoms with van der Waals surface area (Å²) < 4.78 is 6.83. The Morgan fingerprint density at radius 1 is 1.14 bits per heavy atom. The topological polar surface area (TPSA) is 35.0 Å². The van der Waals surface area contributed by atoms with Gasteiger partial charge in [-0.3, -0.25) is 0 Å². The van der Waals surface area contributed by atoms with Crippen LogP contribution in [-0.2, 0) is 0 Å². The van der Waals surface area contributed by atoms with Crippen LogP contribution in [0, 0.1) is 0 Å². The SMILES string of the molecule is COc1cnc2c(Br)ccc(Br)c2n1. The van der Waals surface area contributed by atoms with Gasteiger partial charge in [-0.25, -0.2) is 9.97 Å². The summed E-state index contributed by atoms with van der Waals surface area (Å²) in [6, 6.07) is 3.84. The number of aromatic nitrogens is 2. The van der Waals surface area contributed by atoms with E-state index in [4.69, 9.17) is 4.74 Å². The molecular formula is C9H6Br2N2O. The lowest BCUT2D eigenvalue weighted by molar-refractivity contribution is 0.397. The Labute approximate surface area is 97.8 Å². The van der Waals surface area contributed by atoms with Crippen LogP contribution >= 0.6 is 31.9 Å². The smallest absolute Gasteiger partial charge is 0.232 e. The highest BCUT2D eigenvalue weighted by molar-refractivity contribution is 9.11. The van der Waals surface area contributed by atoms with Crippen LogP contribution in [0.15, 0.2) is 27.3 Å². The first-order chi connectivity index (χ1) is 6.72. The molecular weight excluding hydrogens is 312 g/mol. The van der Waals surface area contributed by atoms with E-state index in [1.54, 1.807) is 13.3 Å². The summed E-state index contributed by atoms with van der Waals surface area (Å²) >= 11 is 6.83. The minimum Gasteiger partial charge on any atom is -0.480 e. The van der Waals surface area contributed by atoms with Crippen LogP contribution in [0.25, 0.3) is 11.0 Å². The molecule has 3 nitrogen and oxygen atoms in total. The van der Waals surface area contributed by atoms with Crippen LogP contribution < -0.4 is 4.74 Å². The molecule has 2 aromatic rings. The molecule has 0 bridgehead atoms. The molecule has 0 aliphatic rings. The molecule has 0 atom stereocenters. The number of hydrogen-bond donors (Lipinski definition) is 0. The van der Waals surface area contributed by atoms with Crippen molar-refractivity contribution >= 4 is 42.9 Å². The maximum Gasteiger partial charge on any atom is 0.232 e. The molecule has 1 heterocycles. The van der Waals surface area contributed by atoms with Gasteiger partial charge < -0.3 is 4.74 Å². The second-order valence-corrected chi connectivity index (χ2v) is 4.35. The van der Waals surface area contributed by atoms with E-state index in [0.29, 0.717) is 5.88 Å². The molecule has 0 N–H and O–H groups in total. The Morgan fingerprint density at radius 3 is 2.43 bits per heavy atom. The van der Waals surface area contributed by atoms with Crippen molar-refractivity contribution in [1.82, 2.24) is 9.97 Å². The maximum atomic E-state index is 5.01. The summed E-state index contributed by atoms with van der Waals surface area (Å²) in [6.07, 6.45) is 1.60. The highest BCUT2D eigenvalue weighted by Gasteiger charge is 2.06. The summed E-state index contributed by atoms with van der Waals surface area (Å²) in [6.45, 7) is 0. The third kappa shape index (κ3) is 1.62. The van der Waals surface area contributed by atoms with Crippen LogP contribution in [0.5, 0.6) is 5.88 Å². The number of halogens is 2. The Hall–Kier alpha value is -0.680. The molecule has 0 aliphatic heterocycles. The fraction of sp³-hybridized carbons (Fsp3) is 0.111. The second-order valence-electron chi connectivity index (χ2n) is 2.64. The normalized spacial score (nSPS) is 10.5. The molecule has 72 valence electrons. The van der Waals surface area contributed by atoms with Gasteiger partial charge >= 0.3 is 0 Å². The zero-order valence-corrected chi connectivity index (χ0v) is 10.5. The van der Waals surface area contributed by atoms with Gasteiger partial charge in [0.1, 0.15) is 11.0 Å². The Balaban J connectivity index is 2.80. The van der Waals surface area contributed by atoms with Gasteiger partial charge in [0.2, 0.25) is 5.88 Å². The van der Waals surface area contributed by atoms with E-state index in [9.17, 15) is 0 Å². The fourth-order valence-corrected chi connectivity index (χ4v) is 1.95. The average Bonchev–Trinajstić information content (AvgIpc) is 2.23. The van der Waals surface area contributed by atoms with Crippen molar-refractivity contribution < 1.29 is 4.74 Å². The van der Waals surface area contributed by atoms with E-state index in [-0.39, 0.29) is 0 Å². The molecule has 0 aliphatic carbocycles. The Bertz CT molecular complexity index is 487. The number of fused-ring (bicyclic) bond motifs is 1.